The lowest BCUT2D eigenvalue weighted by Gasteiger charge is -2.23. The molecule has 15 heavy (non-hydrogen) atoms. The number of ether oxygens (including phenoxy) is 1. The molecule has 0 bridgehead atoms. The van der Waals surface area contributed by atoms with Crippen LogP contribution in [0, 0.1) is 0 Å². The molecule has 0 aliphatic rings. The minimum absolute atomic E-state index is 0.512. The average molecular weight is 230 g/mol. The van der Waals surface area contributed by atoms with Crippen LogP contribution in [0.5, 0.6) is 0 Å². The lowest BCUT2D eigenvalue weighted by Crippen LogP contribution is -2.29. The first-order chi connectivity index (χ1) is 7.05. The van der Waals surface area contributed by atoms with Crippen molar-refractivity contribution in [3.63, 3.8) is 0 Å². The highest BCUT2D eigenvalue weighted by Gasteiger charge is 2.21. The van der Waals surface area contributed by atoms with E-state index in [4.69, 9.17) is 16.3 Å². The number of aliphatic hydroxyl groups is 1. The molecule has 0 aliphatic carbocycles. The fraction of sp³-hybridized carbons (Fsp3) is 0.545. The predicted molar refractivity (Wildman–Crippen MR) is 60.1 cm³/mol. The van der Waals surface area contributed by atoms with E-state index in [9.17, 15) is 5.11 Å². The van der Waals surface area contributed by atoms with Crippen LogP contribution in [0.1, 0.15) is 18.9 Å². The van der Waals surface area contributed by atoms with Crippen molar-refractivity contribution in [1.82, 2.24) is 4.98 Å². The summed E-state index contributed by atoms with van der Waals surface area (Å²) in [6, 6.07) is 1.82. The molecule has 1 atom stereocenters. The molecule has 1 aromatic heterocycles. The van der Waals surface area contributed by atoms with E-state index in [1.807, 2.05) is 6.07 Å². The van der Waals surface area contributed by atoms with E-state index in [0.717, 1.165) is 5.56 Å². The van der Waals surface area contributed by atoms with Crippen LogP contribution in [-0.4, -0.2) is 29.4 Å². The third kappa shape index (κ3) is 4.16. The summed E-state index contributed by atoms with van der Waals surface area (Å²) in [5, 5.41) is 10.7. The third-order valence-corrected chi connectivity index (χ3v) is 2.61. The molecule has 0 fully saturated rings. The molecule has 4 heteroatoms. The molecule has 0 aromatic carbocycles. The van der Waals surface area contributed by atoms with E-state index in [-0.39, 0.29) is 0 Å². The molecular formula is C11H16ClNO2. The molecule has 0 amide bonds. The molecule has 0 aliphatic heterocycles. The Kier molecular flexibility index (Phi) is 4.51. The van der Waals surface area contributed by atoms with Gasteiger partial charge in [-0.1, -0.05) is 11.6 Å². The van der Waals surface area contributed by atoms with Crippen LogP contribution in [0.3, 0.4) is 0 Å². The molecule has 1 rings (SSSR count). The van der Waals surface area contributed by atoms with Gasteiger partial charge in [-0.15, -0.1) is 0 Å². The second-order valence-electron chi connectivity index (χ2n) is 3.88. The number of rotatable bonds is 5. The SMILES string of the molecule is COCCC(C)(O)Cc1ccncc1Cl. The van der Waals surface area contributed by atoms with E-state index in [2.05, 4.69) is 4.98 Å². The van der Waals surface area contributed by atoms with Crippen LogP contribution >= 0.6 is 11.6 Å². The van der Waals surface area contributed by atoms with Crippen LogP contribution in [0.15, 0.2) is 18.5 Å². The maximum absolute atomic E-state index is 10.1. The van der Waals surface area contributed by atoms with Crippen LogP contribution in [0.25, 0.3) is 0 Å². The Hall–Kier alpha value is -0.640. The van der Waals surface area contributed by atoms with E-state index >= 15 is 0 Å². The number of aromatic nitrogens is 1. The van der Waals surface area contributed by atoms with Gasteiger partial charge in [-0.05, 0) is 25.0 Å². The first kappa shape index (κ1) is 12.4. The van der Waals surface area contributed by atoms with E-state index < -0.39 is 5.60 Å². The lowest BCUT2D eigenvalue weighted by atomic mass is 9.94. The van der Waals surface area contributed by atoms with Crippen molar-refractivity contribution in [3.05, 3.63) is 29.0 Å². The van der Waals surface area contributed by atoms with Gasteiger partial charge in [0.2, 0.25) is 0 Å². The summed E-state index contributed by atoms with van der Waals surface area (Å²) in [4.78, 5) is 3.90. The summed E-state index contributed by atoms with van der Waals surface area (Å²) in [5.74, 6) is 0. The molecule has 0 spiro atoms. The molecule has 1 aromatic rings. The first-order valence-corrected chi connectivity index (χ1v) is 5.23. The van der Waals surface area contributed by atoms with Gasteiger partial charge in [-0.2, -0.15) is 0 Å². The normalized spacial score (nSPS) is 14.9. The van der Waals surface area contributed by atoms with Crippen molar-refractivity contribution in [2.75, 3.05) is 13.7 Å². The van der Waals surface area contributed by atoms with Gasteiger partial charge in [0, 0.05) is 32.5 Å². The van der Waals surface area contributed by atoms with Crippen molar-refractivity contribution in [3.8, 4) is 0 Å². The highest BCUT2D eigenvalue weighted by Crippen LogP contribution is 2.22. The molecule has 0 radical (unpaired) electrons. The van der Waals surface area contributed by atoms with E-state index in [1.165, 1.54) is 0 Å². The summed E-state index contributed by atoms with van der Waals surface area (Å²) in [6.45, 7) is 2.32. The Morgan fingerprint density at radius 3 is 2.93 bits per heavy atom. The summed E-state index contributed by atoms with van der Waals surface area (Å²) < 4.78 is 4.94. The van der Waals surface area contributed by atoms with Crippen molar-refractivity contribution in [2.24, 2.45) is 0 Å². The molecule has 0 saturated heterocycles. The number of pyridine rings is 1. The molecule has 1 N–H and O–H groups in total. The standard InChI is InChI=1S/C11H16ClNO2/c1-11(14,4-6-15-2)7-9-3-5-13-8-10(9)12/h3,5,8,14H,4,6-7H2,1-2H3. The first-order valence-electron chi connectivity index (χ1n) is 4.85. The summed E-state index contributed by atoms with van der Waals surface area (Å²) in [5.41, 5.74) is 0.119. The monoisotopic (exact) mass is 229 g/mol. The summed E-state index contributed by atoms with van der Waals surface area (Å²) >= 11 is 5.96. The predicted octanol–water partition coefficient (Wildman–Crippen LogP) is 2.06. The Morgan fingerprint density at radius 2 is 2.33 bits per heavy atom. The maximum Gasteiger partial charge on any atom is 0.0682 e. The number of methoxy groups -OCH3 is 1. The van der Waals surface area contributed by atoms with E-state index in [1.54, 1.807) is 26.4 Å². The zero-order chi connectivity index (χ0) is 11.3. The van der Waals surface area contributed by atoms with Gasteiger partial charge in [-0.25, -0.2) is 0 Å². The fourth-order valence-electron chi connectivity index (χ4n) is 1.37. The van der Waals surface area contributed by atoms with Crippen LogP contribution in [0.4, 0.5) is 0 Å². The molecule has 3 nitrogen and oxygen atoms in total. The third-order valence-electron chi connectivity index (χ3n) is 2.27. The second kappa shape index (κ2) is 5.45. The maximum atomic E-state index is 10.1. The Labute approximate surface area is 95.1 Å². The molecular weight excluding hydrogens is 214 g/mol. The Balaban J connectivity index is 2.64. The minimum Gasteiger partial charge on any atom is -0.390 e. The van der Waals surface area contributed by atoms with Gasteiger partial charge in [0.15, 0.2) is 0 Å². The zero-order valence-electron chi connectivity index (χ0n) is 9.03. The highest BCUT2D eigenvalue weighted by atomic mass is 35.5. The van der Waals surface area contributed by atoms with Gasteiger partial charge in [0.1, 0.15) is 0 Å². The fourth-order valence-corrected chi connectivity index (χ4v) is 1.55. The summed E-state index contributed by atoms with van der Waals surface area (Å²) in [6.07, 6.45) is 4.36. The van der Waals surface area contributed by atoms with Gasteiger partial charge in [0.05, 0.1) is 10.6 Å². The van der Waals surface area contributed by atoms with Crippen LogP contribution in [-0.2, 0) is 11.2 Å². The molecule has 0 saturated carbocycles. The molecule has 1 unspecified atom stereocenters. The number of halogens is 1. The van der Waals surface area contributed by atoms with Crippen molar-refractivity contribution >= 4 is 11.6 Å². The topological polar surface area (TPSA) is 42.4 Å². The quantitative estimate of drug-likeness (QED) is 0.841. The van der Waals surface area contributed by atoms with E-state index in [0.29, 0.717) is 24.5 Å². The van der Waals surface area contributed by atoms with Crippen molar-refractivity contribution < 1.29 is 9.84 Å². The number of hydrogen-bond donors (Lipinski definition) is 1. The average Bonchev–Trinajstić information content (AvgIpc) is 2.18. The summed E-state index contributed by atoms with van der Waals surface area (Å²) in [7, 11) is 1.62. The van der Waals surface area contributed by atoms with Gasteiger partial charge in [0.25, 0.3) is 0 Å². The van der Waals surface area contributed by atoms with Gasteiger partial charge < -0.3 is 9.84 Å². The Morgan fingerprint density at radius 1 is 1.60 bits per heavy atom. The minimum atomic E-state index is -0.791. The number of nitrogens with zero attached hydrogens (tertiary/aromatic N) is 1. The van der Waals surface area contributed by atoms with Crippen molar-refractivity contribution in [2.45, 2.75) is 25.4 Å². The zero-order valence-corrected chi connectivity index (χ0v) is 9.79. The number of hydrogen-bond acceptors (Lipinski definition) is 3. The van der Waals surface area contributed by atoms with Gasteiger partial charge in [-0.3, -0.25) is 4.98 Å². The Bertz CT molecular complexity index is 315. The highest BCUT2D eigenvalue weighted by molar-refractivity contribution is 6.31. The van der Waals surface area contributed by atoms with Crippen molar-refractivity contribution in [1.29, 1.82) is 0 Å². The smallest absolute Gasteiger partial charge is 0.0682 e. The second-order valence-corrected chi connectivity index (χ2v) is 4.29. The van der Waals surface area contributed by atoms with Gasteiger partial charge >= 0.3 is 0 Å². The molecule has 1 heterocycles. The molecule has 84 valence electrons. The lowest BCUT2D eigenvalue weighted by molar-refractivity contribution is 0.0249. The van der Waals surface area contributed by atoms with Crippen LogP contribution in [0.2, 0.25) is 5.02 Å². The largest absolute Gasteiger partial charge is 0.390 e. The van der Waals surface area contributed by atoms with Crippen LogP contribution < -0.4 is 0 Å².